The van der Waals surface area contributed by atoms with Crippen LogP contribution in [0.5, 0.6) is 0 Å². The minimum absolute atomic E-state index is 0.557. The molecule has 0 bridgehead atoms. The summed E-state index contributed by atoms with van der Waals surface area (Å²) < 4.78 is 0. The van der Waals surface area contributed by atoms with Crippen LogP contribution in [0.2, 0.25) is 5.02 Å². The monoisotopic (exact) mass is 460 g/mol. The van der Waals surface area contributed by atoms with Crippen molar-refractivity contribution >= 4 is 45.4 Å². The van der Waals surface area contributed by atoms with Crippen LogP contribution in [0, 0.1) is 13.8 Å². The minimum Gasteiger partial charge on any atom is -0.369 e. The van der Waals surface area contributed by atoms with E-state index in [1.165, 1.54) is 11.3 Å². The van der Waals surface area contributed by atoms with Crippen LogP contribution in [0.3, 0.4) is 0 Å². The average Bonchev–Trinajstić information content (AvgIpc) is 3.19. The molecule has 0 saturated carbocycles. The Bertz CT molecular complexity index is 1030. The molecule has 3 aromatic rings. The number of anilines is 4. The number of hydrogen-bond donors (Lipinski definition) is 4. The molecule has 5 N–H and O–H groups in total. The van der Waals surface area contributed by atoms with Crippen molar-refractivity contribution in [3.8, 4) is 0 Å². The molecule has 11 heteroatoms. The lowest BCUT2D eigenvalue weighted by Gasteiger charge is -2.32. The molecule has 9 nitrogen and oxygen atoms in total. The molecule has 0 aliphatic carbocycles. The maximum atomic E-state index is 10.6. The summed E-state index contributed by atoms with van der Waals surface area (Å²) in [6.07, 6.45) is 0.702. The Labute approximate surface area is 189 Å². The number of rotatable bonds is 6. The molecule has 0 spiro atoms. The van der Waals surface area contributed by atoms with Gasteiger partial charge in [0.15, 0.2) is 11.4 Å². The Hall–Kier alpha value is -2.50. The summed E-state index contributed by atoms with van der Waals surface area (Å²) in [6.45, 7) is 7.00. The van der Waals surface area contributed by atoms with E-state index in [2.05, 4.69) is 30.5 Å². The van der Waals surface area contributed by atoms with Gasteiger partial charge in [0.1, 0.15) is 17.5 Å². The predicted molar refractivity (Wildman–Crippen MR) is 125 cm³/mol. The lowest BCUT2D eigenvalue weighted by atomic mass is 10.2. The van der Waals surface area contributed by atoms with Gasteiger partial charge in [-0.05, 0) is 25.5 Å². The van der Waals surface area contributed by atoms with E-state index in [9.17, 15) is 5.11 Å². The molecule has 1 aliphatic heterocycles. The molecular weight excluding hydrogens is 436 g/mol. The fraction of sp³-hybridized carbons (Fsp3) is 0.350. The van der Waals surface area contributed by atoms with Crippen molar-refractivity contribution in [3.05, 3.63) is 51.7 Å². The van der Waals surface area contributed by atoms with Gasteiger partial charge in [0.25, 0.3) is 0 Å². The predicted octanol–water partition coefficient (Wildman–Crippen LogP) is 3.05. The molecule has 2 aromatic heterocycles. The molecule has 4 rings (SSSR count). The van der Waals surface area contributed by atoms with Crippen LogP contribution in [-0.4, -0.2) is 51.2 Å². The van der Waals surface area contributed by atoms with Gasteiger partial charge in [0.2, 0.25) is 0 Å². The number of hydrogen-bond acceptors (Lipinski definition) is 10. The normalized spacial score (nSPS) is 15.7. The number of aryl methyl sites for hydroxylation is 2. The summed E-state index contributed by atoms with van der Waals surface area (Å²) in [5.74, 6) is 8.03. The molecule has 164 valence electrons. The van der Waals surface area contributed by atoms with Gasteiger partial charge in [-0.3, -0.25) is 5.84 Å². The van der Waals surface area contributed by atoms with Gasteiger partial charge in [-0.15, -0.1) is 0 Å². The van der Waals surface area contributed by atoms with Gasteiger partial charge in [-0.2, -0.15) is 0 Å². The fourth-order valence-electron chi connectivity index (χ4n) is 3.33. The molecule has 31 heavy (non-hydrogen) atoms. The highest BCUT2D eigenvalue weighted by Gasteiger charge is 2.18. The van der Waals surface area contributed by atoms with Crippen LogP contribution < -0.4 is 21.4 Å². The van der Waals surface area contributed by atoms with Crippen molar-refractivity contribution in [1.82, 2.24) is 20.0 Å². The minimum atomic E-state index is -0.929. The van der Waals surface area contributed by atoms with E-state index >= 15 is 0 Å². The number of hydrazine groups is 1. The second-order valence-electron chi connectivity index (χ2n) is 7.35. The molecule has 1 aromatic carbocycles. The van der Waals surface area contributed by atoms with Crippen LogP contribution in [0.1, 0.15) is 22.5 Å². The van der Waals surface area contributed by atoms with E-state index in [4.69, 9.17) is 17.4 Å². The highest BCUT2D eigenvalue weighted by molar-refractivity contribution is 7.15. The van der Waals surface area contributed by atoms with Gasteiger partial charge < -0.3 is 20.6 Å². The number of nitrogens with two attached hydrogens (primary N) is 1. The van der Waals surface area contributed by atoms with E-state index in [0.29, 0.717) is 32.4 Å². The zero-order valence-electron chi connectivity index (χ0n) is 17.3. The molecule has 0 amide bonds. The topological polar surface area (TPSA) is 115 Å². The lowest BCUT2D eigenvalue weighted by Crippen LogP contribution is -2.49. The second kappa shape index (κ2) is 9.33. The highest BCUT2D eigenvalue weighted by atomic mass is 35.5. The Balaban J connectivity index is 1.46. The molecule has 1 aliphatic rings. The molecule has 0 radical (unpaired) electrons. The van der Waals surface area contributed by atoms with Crippen molar-refractivity contribution in [1.29, 1.82) is 0 Å². The summed E-state index contributed by atoms with van der Waals surface area (Å²) in [4.78, 5) is 16.3. The van der Waals surface area contributed by atoms with E-state index in [1.54, 1.807) is 12.3 Å². The van der Waals surface area contributed by atoms with E-state index in [1.807, 2.05) is 37.1 Å². The summed E-state index contributed by atoms with van der Waals surface area (Å²) in [6, 6.07) is 7.49. The number of halogens is 1. The number of nitrogens with one attached hydrogen (secondary N) is 2. The molecule has 1 atom stereocenters. The van der Waals surface area contributed by atoms with Crippen LogP contribution in [0.15, 0.2) is 30.5 Å². The first kappa shape index (κ1) is 21.7. The number of benzene rings is 1. The van der Waals surface area contributed by atoms with Crippen molar-refractivity contribution in [2.75, 3.05) is 41.7 Å². The number of thiazole rings is 1. The Morgan fingerprint density at radius 3 is 2.71 bits per heavy atom. The summed E-state index contributed by atoms with van der Waals surface area (Å²) in [7, 11) is 0. The summed E-state index contributed by atoms with van der Waals surface area (Å²) >= 11 is 7.59. The van der Waals surface area contributed by atoms with E-state index in [0.717, 1.165) is 37.6 Å². The smallest absolute Gasteiger partial charge is 0.188 e. The first-order valence-electron chi connectivity index (χ1n) is 9.92. The number of piperazine rings is 1. The zero-order chi connectivity index (χ0) is 22.0. The molecule has 1 fully saturated rings. The second-order valence-corrected chi connectivity index (χ2v) is 8.82. The van der Waals surface area contributed by atoms with Gasteiger partial charge in [-0.1, -0.05) is 35.1 Å². The van der Waals surface area contributed by atoms with Gasteiger partial charge in [0, 0.05) is 38.4 Å². The third-order valence-electron chi connectivity index (χ3n) is 4.99. The van der Waals surface area contributed by atoms with E-state index in [-0.39, 0.29) is 0 Å². The largest absolute Gasteiger partial charge is 0.369 e. The van der Waals surface area contributed by atoms with Crippen molar-refractivity contribution in [3.63, 3.8) is 0 Å². The first-order chi connectivity index (χ1) is 14.9. The highest BCUT2D eigenvalue weighted by Crippen LogP contribution is 2.32. The van der Waals surface area contributed by atoms with Crippen molar-refractivity contribution < 1.29 is 5.11 Å². The standard InChI is InChI=1S/C20H25ClN8OS/c1-12-4-3-5-14(21)18(12)27-19(30)15-11-23-20(31-15)26-16-10-17(25-13(2)24-16)28-6-8-29(22)9-7-28/h3-5,10-11,19,27,30H,6-9,22H2,1-2H3,(H,23,24,25,26). The van der Waals surface area contributed by atoms with Crippen LogP contribution in [-0.2, 0) is 0 Å². The number of aliphatic hydroxyl groups excluding tert-OH is 1. The fourth-order valence-corrected chi connectivity index (χ4v) is 4.37. The SMILES string of the molecule is Cc1nc(Nc2ncc(C(O)Nc3c(C)cccc3Cl)s2)cc(N2CCN(N)CC2)n1. The van der Waals surface area contributed by atoms with Crippen LogP contribution in [0.25, 0.3) is 0 Å². The van der Waals surface area contributed by atoms with E-state index < -0.39 is 6.23 Å². The first-order valence-corrected chi connectivity index (χ1v) is 11.1. The van der Waals surface area contributed by atoms with Crippen LogP contribution in [0.4, 0.5) is 22.5 Å². The average molecular weight is 461 g/mol. The van der Waals surface area contributed by atoms with Crippen LogP contribution >= 0.6 is 22.9 Å². The molecule has 1 unspecified atom stereocenters. The molecule has 1 saturated heterocycles. The Morgan fingerprint density at radius 1 is 1.19 bits per heavy atom. The lowest BCUT2D eigenvalue weighted by molar-refractivity contribution is 0.212. The summed E-state index contributed by atoms with van der Waals surface area (Å²) in [5.41, 5.74) is 1.65. The van der Waals surface area contributed by atoms with Gasteiger partial charge >= 0.3 is 0 Å². The van der Waals surface area contributed by atoms with Crippen molar-refractivity contribution in [2.45, 2.75) is 20.1 Å². The number of nitrogens with zero attached hydrogens (tertiary/aromatic N) is 5. The van der Waals surface area contributed by atoms with Crippen molar-refractivity contribution in [2.24, 2.45) is 5.84 Å². The van der Waals surface area contributed by atoms with Gasteiger partial charge in [-0.25, -0.2) is 20.0 Å². The summed E-state index contributed by atoms with van der Waals surface area (Å²) in [5, 5.41) is 19.9. The maximum absolute atomic E-state index is 10.6. The zero-order valence-corrected chi connectivity index (χ0v) is 18.9. The quantitative estimate of drug-likeness (QED) is 0.325. The Morgan fingerprint density at radius 2 is 1.97 bits per heavy atom. The number of aromatic nitrogens is 3. The molecular formula is C20H25ClN8OS. The third kappa shape index (κ3) is 5.23. The van der Waals surface area contributed by atoms with Gasteiger partial charge in [0.05, 0.1) is 15.6 Å². The third-order valence-corrected chi connectivity index (χ3v) is 6.27. The number of para-hydroxylation sites is 1. The number of aliphatic hydroxyl groups is 1. The molecule has 3 heterocycles. The maximum Gasteiger partial charge on any atom is 0.188 e. The Kier molecular flexibility index (Phi) is 6.54.